The molecule has 15 heteroatoms. The van der Waals surface area contributed by atoms with Gasteiger partial charge in [-0.3, -0.25) is 9.58 Å². The van der Waals surface area contributed by atoms with Gasteiger partial charge in [-0.2, -0.15) is 5.10 Å². The number of hydrogen-bond acceptors (Lipinski definition) is 8. The fraction of sp³-hybridized carbons (Fsp3) is 0.467. The van der Waals surface area contributed by atoms with E-state index in [0.717, 1.165) is 40.3 Å². The molecule has 0 N–H and O–H groups in total. The molecule has 8 rings (SSSR count). The lowest BCUT2D eigenvalue weighted by Crippen LogP contribution is -2.50. The summed E-state index contributed by atoms with van der Waals surface area (Å²) in [5.74, 6) is -1.57. The Labute approximate surface area is 353 Å². The van der Waals surface area contributed by atoms with Gasteiger partial charge in [0.1, 0.15) is 52.1 Å². The number of carbonyl (C=O) groups excluding carboxylic acids is 1. The van der Waals surface area contributed by atoms with Crippen molar-refractivity contribution in [3.05, 3.63) is 70.7 Å². The van der Waals surface area contributed by atoms with Crippen molar-refractivity contribution < 1.29 is 31.9 Å². The number of hydrogen-bond donors (Lipinski definition) is 0. The van der Waals surface area contributed by atoms with Gasteiger partial charge in [0.25, 0.3) is 0 Å². The van der Waals surface area contributed by atoms with Crippen LogP contribution in [0.1, 0.15) is 91.8 Å². The standard InChI is InChI=1S/C45H53F3N6O4SSi/c1-23-21-53(43(55)57-44(4,5)6)24(2)35-20-33(51-54(23)35)41-39(37-30(47)16-27(46)17-36(37)56-28-18-29(19-28)58-60(11,12)45(7,8)9)38-31(48)22-59-42(38)40(50-41)26-13-14-34-32(15-26)49-25(3)52(34)10/h13-17,20,22-24,28-29H,18-19,21H2,1-12H3/t23-,24+,28?,29?/m0/s1. The number of aryl methyl sites for hydroxylation is 2. The summed E-state index contributed by atoms with van der Waals surface area (Å²) in [4.78, 5) is 25.1. The number of amides is 1. The number of imidazole rings is 1. The zero-order valence-corrected chi connectivity index (χ0v) is 38.1. The van der Waals surface area contributed by atoms with Crippen LogP contribution in [0.5, 0.6) is 5.75 Å². The quantitative estimate of drug-likeness (QED) is 0.148. The molecule has 0 radical (unpaired) electrons. The van der Waals surface area contributed by atoms with E-state index in [2.05, 4.69) is 33.9 Å². The zero-order chi connectivity index (χ0) is 43.4. The fourth-order valence-electron chi connectivity index (χ4n) is 7.96. The summed E-state index contributed by atoms with van der Waals surface area (Å²) in [5, 5.41) is 6.56. The van der Waals surface area contributed by atoms with Gasteiger partial charge < -0.3 is 18.5 Å². The van der Waals surface area contributed by atoms with Gasteiger partial charge >= 0.3 is 6.09 Å². The van der Waals surface area contributed by atoms with Gasteiger partial charge in [-0.1, -0.05) is 26.8 Å². The molecule has 1 aliphatic heterocycles. The van der Waals surface area contributed by atoms with Gasteiger partial charge in [-0.05, 0) is 77.9 Å². The molecule has 318 valence electrons. The van der Waals surface area contributed by atoms with E-state index in [4.69, 9.17) is 29.0 Å². The number of nitrogens with zero attached hydrogens (tertiary/aromatic N) is 6. The van der Waals surface area contributed by atoms with Crippen molar-refractivity contribution >= 4 is 46.9 Å². The Morgan fingerprint density at radius 1 is 0.917 bits per heavy atom. The third kappa shape index (κ3) is 7.40. The highest BCUT2D eigenvalue weighted by Gasteiger charge is 2.44. The number of ether oxygens (including phenoxy) is 2. The summed E-state index contributed by atoms with van der Waals surface area (Å²) in [6.07, 6.45) is 0.207. The number of halogens is 3. The molecule has 2 atom stereocenters. The second-order valence-corrected chi connectivity index (χ2v) is 24.6. The van der Waals surface area contributed by atoms with Crippen LogP contribution in [0, 0.1) is 24.4 Å². The summed E-state index contributed by atoms with van der Waals surface area (Å²) < 4.78 is 71.8. The van der Waals surface area contributed by atoms with Crippen LogP contribution in [0.15, 0.2) is 41.8 Å². The van der Waals surface area contributed by atoms with Gasteiger partial charge in [-0.15, -0.1) is 11.3 Å². The summed E-state index contributed by atoms with van der Waals surface area (Å²) in [7, 11) is -0.127. The molecule has 1 aliphatic carbocycles. The average molecular weight is 859 g/mol. The van der Waals surface area contributed by atoms with Crippen LogP contribution in [0.4, 0.5) is 18.0 Å². The Kier molecular flexibility index (Phi) is 10.3. The van der Waals surface area contributed by atoms with E-state index in [1.165, 1.54) is 5.38 Å². The maximum Gasteiger partial charge on any atom is 0.410 e. The van der Waals surface area contributed by atoms with Crippen LogP contribution >= 0.6 is 11.3 Å². The summed E-state index contributed by atoms with van der Waals surface area (Å²) in [5.41, 5.74) is 3.29. The number of benzene rings is 2. The predicted molar refractivity (Wildman–Crippen MR) is 232 cm³/mol. The molecule has 1 fully saturated rings. The monoisotopic (exact) mass is 858 g/mol. The van der Waals surface area contributed by atoms with Crippen molar-refractivity contribution in [2.24, 2.45) is 7.05 Å². The topological polar surface area (TPSA) is 96.5 Å². The molecule has 6 aromatic rings. The second-order valence-electron chi connectivity index (χ2n) is 18.9. The molecule has 60 heavy (non-hydrogen) atoms. The lowest BCUT2D eigenvalue weighted by molar-refractivity contribution is -0.00310. The summed E-state index contributed by atoms with van der Waals surface area (Å²) in [6, 6.07) is 8.80. The minimum Gasteiger partial charge on any atom is -0.489 e. The van der Waals surface area contributed by atoms with Crippen molar-refractivity contribution in [3.8, 4) is 39.5 Å². The van der Waals surface area contributed by atoms with E-state index < -0.39 is 43.5 Å². The number of pyridine rings is 1. The second kappa shape index (κ2) is 14.7. The van der Waals surface area contributed by atoms with Gasteiger partial charge in [0.2, 0.25) is 0 Å². The summed E-state index contributed by atoms with van der Waals surface area (Å²) in [6.45, 7) is 22.5. The number of thiophene rings is 1. The number of rotatable bonds is 7. The number of fused-ring (bicyclic) bond motifs is 3. The van der Waals surface area contributed by atoms with E-state index in [0.29, 0.717) is 46.7 Å². The van der Waals surface area contributed by atoms with E-state index in [1.54, 1.807) is 4.90 Å². The third-order valence-electron chi connectivity index (χ3n) is 12.3. The Balaban J connectivity index is 1.30. The van der Waals surface area contributed by atoms with E-state index in [1.807, 2.05) is 82.1 Å². The molecular formula is C45H53F3N6O4SSi. The predicted octanol–water partition coefficient (Wildman–Crippen LogP) is 11.9. The highest BCUT2D eigenvalue weighted by atomic mass is 32.1. The Morgan fingerprint density at radius 2 is 1.63 bits per heavy atom. The molecule has 1 amide bonds. The first kappa shape index (κ1) is 42.0. The average Bonchev–Trinajstić information content (AvgIpc) is 3.82. The van der Waals surface area contributed by atoms with Crippen LogP contribution in [0.3, 0.4) is 0 Å². The summed E-state index contributed by atoms with van der Waals surface area (Å²) >= 11 is 1.15. The van der Waals surface area contributed by atoms with E-state index in [9.17, 15) is 4.79 Å². The number of aromatic nitrogens is 5. The molecule has 0 saturated heterocycles. The molecular weight excluding hydrogens is 806 g/mol. The maximum atomic E-state index is 16.7. The Hall–Kier alpha value is -4.73. The minimum atomic E-state index is -2.07. The molecule has 0 unspecified atom stereocenters. The van der Waals surface area contributed by atoms with Gasteiger partial charge in [-0.25, -0.2) is 27.9 Å². The molecule has 4 aromatic heterocycles. The minimum absolute atomic E-state index is 0.0155. The van der Waals surface area contributed by atoms with Crippen LogP contribution in [0.2, 0.25) is 18.1 Å². The van der Waals surface area contributed by atoms with Gasteiger partial charge in [0.15, 0.2) is 8.32 Å². The Morgan fingerprint density at radius 3 is 2.32 bits per heavy atom. The lowest BCUT2D eigenvalue weighted by Gasteiger charge is -2.44. The number of carbonyl (C=O) groups is 1. The van der Waals surface area contributed by atoms with Crippen LogP contribution in [-0.4, -0.2) is 68.0 Å². The molecule has 0 spiro atoms. The molecule has 0 bridgehead atoms. The highest BCUT2D eigenvalue weighted by Crippen LogP contribution is 2.50. The van der Waals surface area contributed by atoms with Crippen LogP contribution < -0.4 is 4.74 Å². The van der Waals surface area contributed by atoms with Crippen LogP contribution in [0.25, 0.3) is 54.9 Å². The largest absolute Gasteiger partial charge is 0.489 e. The maximum absolute atomic E-state index is 16.7. The van der Waals surface area contributed by atoms with Crippen molar-refractivity contribution in [1.29, 1.82) is 0 Å². The molecule has 2 aromatic carbocycles. The molecule has 10 nitrogen and oxygen atoms in total. The van der Waals surface area contributed by atoms with Crippen molar-refractivity contribution in [2.75, 3.05) is 6.54 Å². The van der Waals surface area contributed by atoms with Crippen molar-refractivity contribution in [1.82, 2.24) is 29.2 Å². The highest BCUT2D eigenvalue weighted by molar-refractivity contribution is 7.17. The smallest absolute Gasteiger partial charge is 0.410 e. The molecule has 2 aliphatic rings. The fourth-order valence-corrected chi connectivity index (χ4v) is 10.3. The first-order chi connectivity index (χ1) is 28.0. The van der Waals surface area contributed by atoms with Crippen LogP contribution in [-0.2, 0) is 16.2 Å². The first-order valence-corrected chi connectivity index (χ1v) is 24.3. The van der Waals surface area contributed by atoms with Gasteiger partial charge in [0.05, 0.1) is 50.9 Å². The molecule has 5 heterocycles. The van der Waals surface area contributed by atoms with E-state index >= 15 is 13.2 Å². The molecule has 1 saturated carbocycles. The van der Waals surface area contributed by atoms with E-state index in [-0.39, 0.29) is 51.2 Å². The lowest BCUT2D eigenvalue weighted by atomic mass is 9.91. The van der Waals surface area contributed by atoms with Crippen molar-refractivity contribution in [2.45, 2.75) is 123 Å². The van der Waals surface area contributed by atoms with Crippen molar-refractivity contribution in [3.63, 3.8) is 0 Å². The Bertz CT molecular complexity index is 2670. The first-order valence-electron chi connectivity index (χ1n) is 20.5. The third-order valence-corrected chi connectivity index (χ3v) is 17.8. The zero-order valence-electron chi connectivity index (χ0n) is 36.3. The van der Waals surface area contributed by atoms with Gasteiger partial charge in [0, 0.05) is 60.5 Å². The normalized spacial score (nSPS) is 19.8. The SMILES string of the molecule is Cc1nc2cc(-c3nc(-c4cc5n(n4)[C@@H](C)CN(C(=O)OC(C)(C)C)[C@@H]5C)c(-c4c(F)cc(F)cc4OC4CC(O[Si](C)(C)C(C)(C)C)C4)c4c(F)csc34)ccc2n1C.